The van der Waals surface area contributed by atoms with Crippen LogP contribution in [0.25, 0.3) is 17.2 Å². The third kappa shape index (κ3) is 4.38. The molecule has 5 rings (SSSR count). The van der Waals surface area contributed by atoms with Crippen LogP contribution >= 0.6 is 11.3 Å². The molecule has 0 unspecified atom stereocenters. The van der Waals surface area contributed by atoms with Crippen molar-refractivity contribution in [2.45, 2.75) is 38.7 Å². The molecule has 0 bridgehead atoms. The number of carbonyl (C=O) groups excluding carboxylic acids is 1. The first-order valence-corrected chi connectivity index (χ1v) is 12.2. The van der Waals surface area contributed by atoms with Crippen LogP contribution in [0.1, 0.15) is 56.2 Å². The molecule has 4 aromatic rings. The Morgan fingerprint density at radius 3 is 2.68 bits per heavy atom. The van der Waals surface area contributed by atoms with Crippen LogP contribution in [-0.4, -0.2) is 49.3 Å². The lowest BCUT2D eigenvalue weighted by atomic mass is 10.1. The molecule has 34 heavy (non-hydrogen) atoms. The van der Waals surface area contributed by atoms with E-state index in [1.54, 1.807) is 40.4 Å². The van der Waals surface area contributed by atoms with Gasteiger partial charge in [0.1, 0.15) is 0 Å². The minimum absolute atomic E-state index is 0.163. The van der Waals surface area contributed by atoms with Crippen LogP contribution in [0.3, 0.4) is 0 Å². The predicted molar refractivity (Wildman–Crippen MR) is 132 cm³/mol. The Labute approximate surface area is 202 Å². The summed E-state index contributed by atoms with van der Waals surface area (Å²) >= 11 is 1.74. The summed E-state index contributed by atoms with van der Waals surface area (Å²) in [5.41, 5.74) is 4.12. The van der Waals surface area contributed by atoms with E-state index in [9.17, 15) is 9.90 Å². The number of benzene rings is 1. The zero-order chi connectivity index (χ0) is 23.8. The Kier molecular flexibility index (Phi) is 6.02. The second-order valence-corrected chi connectivity index (χ2v) is 10.3. The zero-order valence-corrected chi connectivity index (χ0v) is 20.3. The molecule has 1 amide bonds. The SMILES string of the molecule is Cc1cc(-c2ccnc(-n3ncc(C(=O)N(C)C[C@@H](O)c4ccccc4)c3C3CC3)n2)c(C)s1. The summed E-state index contributed by atoms with van der Waals surface area (Å²) in [4.78, 5) is 26.6. The van der Waals surface area contributed by atoms with Crippen molar-refractivity contribution in [3.8, 4) is 17.2 Å². The smallest absolute Gasteiger partial charge is 0.257 e. The van der Waals surface area contributed by atoms with E-state index in [4.69, 9.17) is 4.98 Å². The van der Waals surface area contributed by atoms with E-state index in [0.29, 0.717) is 11.5 Å². The normalized spacial score (nSPS) is 14.2. The van der Waals surface area contributed by atoms with Gasteiger partial charge in [0.25, 0.3) is 11.9 Å². The van der Waals surface area contributed by atoms with Gasteiger partial charge in [0.05, 0.1) is 35.8 Å². The van der Waals surface area contributed by atoms with Crippen LogP contribution in [0.4, 0.5) is 0 Å². The van der Waals surface area contributed by atoms with Crippen molar-refractivity contribution in [3.05, 3.63) is 81.4 Å². The molecular weight excluding hydrogens is 446 g/mol. The molecule has 1 aromatic carbocycles. The van der Waals surface area contributed by atoms with Gasteiger partial charge in [0.2, 0.25) is 0 Å². The van der Waals surface area contributed by atoms with Crippen molar-refractivity contribution in [2.75, 3.05) is 13.6 Å². The molecule has 1 saturated carbocycles. The van der Waals surface area contributed by atoms with Crippen molar-refractivity contribution >= 4 is 17.2 Å². The molecular formula is C26H27N5O2S. The second kappa shape index (κ2) is 9.12. The van der Waals surface area contributed by atoms with Gasteiger partial charge in [-0.1, -0.05) is 30.3 Å². The first-order chi connectivity index (χ1) is 16.4. The number of thiophene rings is 1. The maximum Gasteiger partial charge on any atom is 0.257 e. The number of amides is 1. The van der Waals surface area contributed by atoms with E-state index in [2.05, 4.69) is 30.0 Å². The van der Waals surface area contributed by atoms with Gasteiger partial charge < -0.3 is 10.0 Å². The van der Waals surface area contributed by atoms with Crippen molar-refractivity contribution in [1.29, 1.82) is 0 Å². The highest BCUT2D eigenvalue weighted by Crippen LogP contribution is 2.42. The molecule has 0 radical (unpaired) electrons. The fourth-order valence-electron chi connectivity index (χ4n) is 4.25. The summed E-state index contributed by atoms with van der Waals surface area (Å²) in [6.45, 7) is 4.38. The monoisotopic (exact) mass is 473 g/mol. The summed E-state index contributed by atoms with van der Waals surface area (Å²) in [5, 5.41) is 15.1. The zero-order valence-electron chi connectivity index (χ0n) is 19.5. The van der Waals surface area contributed by atoms with Gasteiger partial charge >= 0.3 is 0 Å². The molecule has 8 heteroatoms. The van der Waals surface area contributed by atoms with Crippen LogP contribution in [0, 0.1) is 13.8 Å². The highest BCUT2D eigenvalue weighted by Gasteiger charge is 2.34. The van der Waals surface area contributed by atoms with E-state index in [1.165, 1.54) is 9.75 Å². The van der Waals surface area contributed by atoms with Crippen LogP contribution in [0.5, 0.6) is 0 Å². The third-order valence-electron chi connectivity index (χ3n) is 6.13. The maximum absolute atomic E-state index is 13.4. The quantitative estimate of drug-likeness (QED) is 0.421. The lowest BCUT2D eigenvalue weighted by Gasteiger charge is -2.21. The van der Waals surface area contributed by atoms with Crippen molar-refractivity contribution in [3.63, 3.8) is 0 Å². The molecule has 1 atom stereocenters. The van der Waals surface area contributed by atoms with Gasteiger partial charge in [-0.05, 0) is 44.4 Å². The van der Waals surface area contributed by atoms with Gasteiger partial charge in [0, 0.05) is 34.5 Å². The molecule has 3 aromatic heterocycles. The maximum atomic E-state index is 13.4. The number of rotatable bonds is 7. The number of aliphatic hydroxyl groups excluding tert-OH is 1. The molecule has 1 aliphatic rings. The van der Waals surface area contributed by atoms with Crippen LogP contribution in [-0.2, 0) is 0 Å². The van der Waals surface area contributed by atoms with Gasteiger partial charge in [-0.15, -0.1) is 11.3 Å². The largest absolute Gasteiger partial charge is 0.387 e. The van der Waals surface area contributed by atoms with Crippen LogP contribution in [0.15, 0.2) is 54.9 Å². The number of likely N-dealkylation sites (N-methyl/N-ethyl adjacent to an activating group) is 1. The molecule has 1 N–H and O–H groups in total. The number of hydrogen-bond donors (Lipinski definition) is 1. The fraction of sp³-hybridized carbons (Fsp3) is 0.308. The average Bonchev–Trinajstić information content (AvgIpc) is 3.49. The number of aromatic nitrogens is 4. The lowest BCUT2D eigenvalue weighted by molar-refractivity contribution is 0.0680. The number of nitrogens with zero attached hydrogens (tertiary/aromatic N) is 5. The summed E-state index contributed by atoms with van der Waals surface area (Å²) in [6, 6.07) is 13.4. The fourth-order valence-corrected chi connectivity index (χ4v) is 5.18. The minimum Gasteiger partial charge on any atom is -0.387 e. The van der Waals surface area contributed by atoms with Gasteiger partial charge in [-0.2, -0.15) is 5.10 Å². The van der Waals surface area contributed by atoms with Gasteiger partial charge in [-0.3, -0.25) is 4.79 Å². The van der Waals surface area contributed by atoms with E-state index < -0.39 is 6.10 Å². The third-order valence-corrected chi connectivity index (χ3v) is 7.09. The summed E-state index contributed by atoms with van der Waals surface area (Å²) < 4.78 is 1.71. The molecule has 174 valence electrons. The minimum atomic E-state index is -0.758. The summed E-state index contributed by atoms with van der Waals surface area (Å²) in [7, 11) is 1.71. The second-order valence-electron chi connectivity index (χ2n) is 8.81. The highest BCUT2D eigenvalue weighted by molar-refractivity contribution is 7.12. The molecule has 7 nitrogen and oxygen atoms in total. The van der Waals surface area contributed by atoms with Crippen molar-refractivity contribution in [1.82, 2.24) is 24.6 Å². The molecule has 0 saturated heterocycles. The lowest BCUT2D eigenvalue weighted by Crippen LogP contribution is -2.31. The van der Waals surface area contributed by atoms with Crippen molar-refractivity contribution in [2.24, 2.45) is 0 Å². The van der Waals surface area contributed by atoms with E-state index in [-0.39, 0.29) is 18.4 Å². The molecule has 1 aliphatic carbocycles. The summed E-state index contributed by atoms with van der Waals surface area (Å²) in [5.74, 6) is 0.559. The summed E-state index contributed by atoms with van der Waals surface area (Å²) in [6.07, 6.45) is 4.60. The Morgan fingerprint density at radius 1 is 1.24 bits per heavy atom. The first-order valence-electron chi connectivity index (χ1n) is 11.4. The van der Waals surface area contributed by atoms with Crippen LogP contribution in [0.2, 0.25) is 0 Å². The number of hydrogen-bond acceptors (Lipinski definition) is 6. The van der Waals surface area contributed by atoms with E-state index in [0.717, 1.165) is 35.4 Å². The topological polar surface area (TPSA) is 84.1 Å². The number of aryl methyl sites for hydroxylation is 2. The van der Waals surface area contributed by atoms with Crippen LogP contribution < -0.4 is 0 Å². The van der Waals surface area contributed by atoms with E-state index in [1.807, 2.05) is 36.4 Å². The van der Waals surface area contributed by atoms with Crippen molar-refractivity contribution < 1.29 is 9.90 Å². The van der Waals surface area contributed by atoms with E-state index >= 15 is 0 Å². The predicted octanol–water partition coefficient (Wildman–Crippen LogP) is 4.69. The number of aliphatic hydroxyl groups is 1. The highest BCUT2D eigenvalue weighted by atomic mass is 32.1. The Bertz CT molecular complexity index is 1330. The molecule has 0 aliphatic heterocycles. The Hall–Kier alpha value is -3.36. The Morgan fingerprint density at radius 2 is 2.00 bits per heavy atom. The standard InChI is InChI=1S/C26H27N5O2S/c1-16-13-20(17(2)34-16)22-11-12-27-26(29-22)31-24(19-9-10-19)21(14-28-31)25(33)30(3)15-23(32)18-7-5-4-6-8-18/h4-8,11-14,19,23,32H,9-10,15H2,1-3H3/t23-/m1/s1. The molecule has 3 heterocycles. The van der Waals surface area contributed by atoms with Gasteiger partial charge in [0.15, 0.2) is 0 Å². The average molecular weight is 474 g/mol. The first kappa shape index (κ1) is 22.4. The molecule has 0 spiro atoms. The molecule has 1 fully saturated rings. The number of carbonyl (C=O) groups is 1. The Balaban J connectivity index is 1.44. The van der Waals surface area contributed by atoms with Gasteiger partial charge in [-0.25, -0.2) is 14.6 Å².